The van der Waals surface area contributed by atoms with E-state index in [9.17, 15) is 29.7 Å². The molecule has 0 heterocycles. The molecule has 4 aliphatic carbocycles. The number of hydrogen-bond donors (Lipinski definition) is 3. The predicted octanol–water partition coefficient (Wildman–Crippen LogP) is 4.76. The molecule has 0 saturated heterocycles. The molecule has 7 heteroatoms. The molecule has 3 N–H and O–H groups in total. The maximum absolute atomic E-state index is 14.0. The van der Waals surface area contributed by atoms with Crippen molar-refractivity contribution in [2.24, 2.45) is 46.3 Å². The summed E-state index contributed by atoms with van der Waals surface area (Å²) in [6.45, 7) is 11.7. The van der Waals surface area contributed by atoms with Crippen LogP contribution in [0.25, 0.3) is 0 Å². The van der Waals surface area contributed by atoms with E-state index in [4.69, 9.17) is 4.74 Å². The lowest BCUT2D eigenvalue weighted by Gasteiger charge is -2.69. The van der Waals surface area contributed by atoms with E-state index in [0.29, 0.717) is 25.7 Å². The van der Waals surface area contributed by atoms with E-state index in [1.807, 2.05) is 13.8 Å². The topological polar surface area (TPSA) is 121 Å². The van der Waals surface area contributed by atoms with Gasteiger partial charge in [0.15, 0.2) is 0 Å². The monoisotopic (exact) mass is 520 g/mol. The fourth-order valence-electron chi connectivity index (χ4n) is 9.98. The number of carboxylic acids is 1. The van der Waals surface area contributed by atoms with Gasteiger partial charge in [-0.25, -0.2) is 0 Å². The first-order chi connectivity index (χ1) is 17.1. The maximum atomic E-state index is 14.0. The first-order valence-electron chi connectivity index (χ1n) is 14.5. The van der Waals surface area contributed by atoms with Gasteiger partial charge in [0.25, 0.3) is 0 Å². The molecule has 4 rings (SSSR count). The van der Waals surface area contributed by atoms with E-state index in [2.05, 4.69) is 20.8 Å². The number of carboxylic acid groups (broad SMARTS) is 1. The van der Waals surface area contributed by atoms with E-state index >= 15 is 0 Å². The molecule has 7 nitrogen and oxygen atoms in total. The molecule has 10 atom stereocenters. The second kappa shape index (κ2) is 9.62. The Balaban J connectivity index is 1.80. The van der Waals surface area contributed by atoms with Crippen molar-refractivity contribution in [1.29, 1.82) is 0 Å². The molecule has 0 amide bonds. The van der Waals surface area contributed by atoms with Crippen LogP contribution in [0.15, 0.2) is 0 Å². The number of aliphatic hydroxyl groups is 2. The van der Waals surface area contributed by atoms with Gasteiger partial charge in [-0.2, -0.15) is 0 Å². The number of aliphatic carboxylic acids is 1. The quantitative estimate of drug-likeness (QED) is 0.414. The zero-order valence-electron chi connectivity index (χ0n) is 23.6. The summed E-state index contributed by atoms with van der Waals surface area (Å²) in [5.41, 5.74) is -3.07. The minimum Gasteiger partial charge on any atom is -0.481 e. The van der Waals surface area contributed by atoms with E-state index in [1.165, 1.54) is 6.92 Å². The lowest BCUT2D eigenvalue weighted by Crippen LogP contribution is -2.71. The Kier molecular flexibility index (Phi) is 7.42. The molecule has 0 aromatic rings. The number of carbonyl (C=O) groups is 3. The average Bonchev–Trinajstić information content (AvgIpc) is 3.08. The van der Waals surface area contributed by atoms with Crippen LogP contribution in [0.5, 0.6) is 0 Å². The van der Waals surface area contributed by atoms with Crippen LogP contribution in [-0.4, -0.2) is 50.3 Å². The molecule has 4 fully saturated rings. The van der Waals surface area contributed by atoms with Crippen LogP contribution >= 0.6 is 0 Å². The van der Waals surface area contributed by atoms with Gasteiger partial charge in [0.2, 0.25) is 0 Å². The van der Waals surface area contributed by atoms with Crippen LogP contribution in [0.2, 0.25) is 0 Å². The average molecular weight is 521 g/mol. The predicted molar refractivity (Wildman–Crippen MR) is 138 cm³/mol. The number of esters is 1. The van der Waals surface area contributed by atoms with Crippen molar-refractivity contribution in [3.05, 3.63) is 0 Å². The fourth-order valence-corrected chi connectivity index (χ4v) is 9.98. The highest BCUT2D eigenvalue weighted by Crippen LogP contribution is 2.72. The van der Waals surface area contributed by atoms with Gasteiger partial charge in [0, 0.05) is 31.6 Å². The third-order valence-corrected chi connectivity index (χ3v) is 11.9. The van der Waals surface area contributed by atoms with Crippen molar-refractivity contribution in [1.82, 2.24) is 0 Å². The summed E-state index contributed by atoms with van der Waals surface area (Å²) in [6, 6.07) is 0. The van der Waals surface area contributed by atoms with Crippen LogP contribution in [0.4, 0.5) is 0 Å². The molecule has 0 aliphatic heterocycles. The van der Waals surface area contributed by atoms with Gasteiger partial charge in [-0.05, 0) is 85.9 Å². The Bertz CT molecular complexity index is 931. The van der Waals surface area contributed by atoms with E-state index < -0.39 is 28.0 Å². The molecular formula is C30H48O7. The summed E-state index contributed by atoms with van der Waals surface area (Å²) in [5.74, 6) is -1.59. The fraction of sp³-hybridized carbons (Fsp3) is 0.900. The SMILES string of the molecule is CC[C@@H]1[C@H](C(=O)C(C)C)[C@H]2[C@@H]3CC[C@@](O)(CCC(=O)O)[C@@]3(C)CC[C@@H]2[C@@]2(C)CC[C@H](OC(C)=O)C[C@]12O. The van der Waals surface area contributed by atoms with Crippen LogP contribution in [0, 0.1) is 46.3 Å². The molecule has 0 aromatic heterocycles. The second-order valence-electron chi connectivity index (χ2n) is 13.6. The number of ether oxygens (including phenoxy) is 1. The molecule has 4 aliphatic rings. The summed E-state index contributed by atoms with van der Waals surface area (Å²) in [4.78, 5) is 37.2. The smallest absolute Gasteiger partial charge is 0.303 e. The molecule has 0 radical (unpaired) electrons. The lowest BCUT2D eigenvalue weighted by atomic mass is 9.37. The summed E-state index contributed by atoms with van der Waals surface area (Å²) in [6.07, 6.45) is 5.14. The molecule has 0 unspecified atom stereocenters. The van der Waals surface area contributed by atoms with Crippen LogP contribution in [0.1, 0.15) is 106 Å². The van der Waals surface area contributed by atoms with E-state index in [-0.39, 0.29) is 66.2 Å². The largest absolute Gasteiger partial charge is 0.481 e. The number of rotatable bonds is 7. The van der Waals surface area contributed by atoms with Crippen molar-refractivity contribution in [3.63, 3.8) is 0 Å². The van der Waals surface area contributed by atoms with E-state index in [1.54, 1.807) is 0 Å². The van der Waals surface area contributed by atoms with Gasteiger partial charge < -0.3 is 20.1 Å². The number of hydrogen-bond acceptors (Lipinski definition) is 6. The van der Waals surface area contributed by atoms with Crippen LogP contribution in [0.3, 0.4) is 0 Å². The molecule has 210 valence electrons. The Morgan fingerprint density at radius 2 is 1.57 bits per heavy atom. The molecule has 0 bridgehead atoms. The highest BCUT2D eigenvalue weighted by Gasteiger charge is 2.72. The second-order valence-corrected chi connectivity index (χ2v) is 13.6. The minimum atomic E-state index is -1.12. The van der Waals surface area contributed by atoms with Gasteiger partial charge in [-0.15, -0.1) is 0 Å². The van der Waals surface area contributed by atoms with Crippen molar-refractivity contribution < 1.29 is 34.4 Å². The first-order valence-corrected chi connectivity index (χ1v) is 14.5. The van der Waals surface area contributed by atoms with Gasteiger partial charge in [-0.1, -0.05) is 34.6 Å². The Morgan fingerprint density at radius 3 is 2.14 bits per heavy atom. The van der Waals surface area contributed by atoms with Gasteiger partial charge in [-0.3, -0.25) is 14.4 Å². The first kappa shape index (κ1) is 28.5. The summed E-state index contributed by atoms with van der Waals surface area (Å²) in [7, 11) is 0. The number of fused-ring (bicyclic) bond motifs is 5. The number of ketones is 1. The number of Topliss-reactive ketones (excluding diaryl/α,β-unsaturated/α-hetero) is 1. The normalized spacial score (nSPS) is 47.1. The molecule has 37 heavy (non-hydrogen) atoms. The third-order valence-electron chi connectivity index (χ3n) is 11.9. The van der Waals surface area contributed by atoms with E-state index in [0.717, 1.165) is 25.7 Å². The Labute approximate surface area is 221 Å². The summed E-state index contributed by atoms with van der Waals surface area (Å²) >= 11 is 0. The lowest BCUT2D eigenvalue weighted by molar-refractivity contribution is -0.271. The third kappa shape index (κ3) is 4.18. The zero-order chi connectivity index (χ0) is 27.6. The highest BCUT2D eigenvalue weighted by molar-refractivity contribution is 5.84. The summed E-state index contributed by atoms with van der Waals surface area (Å²) < 4.78 is 5.62. The molecule has 0 aromatic carbocycles. The van der Waals surface area contributed by atoms with Crippen molar-refractivity contribution in [2.45, 2.75) is 123 Å². The highest BCUT2D eigenvalue weighted by atomic mass is 16.5. The van der Waals surface area contributed by atoms with Gasteiger partial charge in [0.1, 0.15) is 11.9 Å². The molecular weight excluding hydrogens is 472 g/mol. The number of carbonyl (C=O) groups excluding carboxylic acids is 2. The van der Waals surface area contributed by atoms with Crippen molar-refractivity contribution >= 4 is 17.7 Å². The summed E-state index contributed by atoms with van der Waals surface area (Å²) in [5, 5.41) is 33.8. The molecule has 0 spiro atoms. The van der Waals surface area contributed by atoms with Crippen LogP contribution in [-0.2, 0) is 19.1 Å². The van der Waals surface area contributed by atoms with Crippen LogP contribution < -0.4 is 0 Å². The Morgan fingerprint density at radius 1 is 0.973 bits per heavy atom. The molecule has 4 saturated carbocycles. The van der Waals surface area contributed by atoms with Gasteiger partial charge in [0.05, 0.1) is 11.2 Å². The maximum Gasteiger partial charge on any atom is 0.303 e. The van der Waals surface area contributed by atoms with Crippen molar-refractivity contribution in [2.75, 3.05) is 0 Å². The van der Waals surface area contributed by atoms with Crippen molar-refractivity contribution in [3.8, 4) is 0 Å². The Hall–Kier alpha value is -1.47. The minimum absolute atomic E-state index is 0.0352. The van der Waals surface area contributed by atoms with Gasteiger partial charge >= 0.3 is 11.9 Å². The standard InChI is InChI=1S/C30H48O7/c1-7-20-25(26(34)17(2)3)24-21-10-14-29(35,15-11-23(32)33)27(21,5)13-9-22(24)28(6)12-8-19(37-18(4)31)16-30(20,28)36/h17,19-22,24-25,35-36H,7-16H2,1-6H3,(H,32,33)/t19-,20+,21-,22-,24-,25-,27-,28+,29+,30-/m0/s1. The zero-order valence-corrected chi connectivity index (χ0v) is 23.6.